The van der Waals surface area contributed by atoms with Gasteiger partial charge in [-0.1, -0.05) is 12.1 Å². The Morgan fingerprint density at radius 2 is 1.91 bits per heavy atom. The Labute approximate surface area is 187 Å². The van der Waals surface area contributed by atoms with Gasteiger partial charge in [-0.15, -0.1) is 0 Å². The van der Waals surface area contributed by atoms with Gasteiger partial charge in [0.15, 0.2) is 0 Å². The van der Waals surface area contributed by atoms with E-state index < -0.39 is 6.04 Å². The summed E-state index contributed by atoms with van der Waals surface area (Å²) >= 11 is 0. The number of rotatable bonds is 6. The van der Waals surface area contributed by atoms with Gasteiger partial charge in [-0.2, -0.15) is 0 Å². The quantitative estimate of drug-likeness (QED) is 0.657. The van der Waals surface area contributed by atoms with Crippen molar-refractivity contribution in [3.8, 4) is 0 Å². The zero-order valence-electron chi connectivity index (χ0n) is 18.6. The van der Waals surface area contributed by atoms with Gasteiger partial charge in [0.05, 0.1) is 19.6 Å². The fraction of sp³-hybridized carbons (Fsp3) is 0.545. The van der Waals surface area contributed by atoms with Crippen LogP contribution >= 0.6 is 0 Å². The van der Waals surface area contributed by atoms with E-state index in [1.54, 1.807) is 17.9 Å². The molecule has 0 aliphatic carbocycles. The average Bonchev–Trinajstić information content (AvgIpc) is 2.75. The normalized spacial score (nSPS) is 19.3. The van der Waals surface area contributed by atoms with E-state index in [0.717, 1.165) is 5.56 Å². The first-order valence-electron chi connectivity index (χ1n) is 10.9. The predicted molar refractivity (Wildman–Crippen MR) is 118 cm³/mol. The monoisotopic (exact) mass is 445 g/mol. The summed E-state index contributed by atoms with van der Waals surface area (Å²) in [7, 11) is 0. The zero-order chi connectivity index (χ0) is 23.1. The van der Waals surface area contributed by atoms with E-state index in [0.29, 0.717) is 51.6 Å². The van der Waals surface area contributed by atoms with Gasteiger partial charge in [0, 0.05) is 45.0 Å². The van der Waals surface area contributed by atoms with Crippen LogP contribution in [0.5, 0.6) is 0 Å². The summed E-state index contributed by atoms with van der Waals surface area (Å²) in [6, 6.07) is 6.55. The number of nitrogens with zero attached hydrogens (tertiary/aromatic N) is 3. The number of hydrogen-bond donors (Lipinski definition) is 2. The molecule has 2 fully saturated rings. The summed E-state index contributed by atoms with van der Waals surface area (Å²) < 4.78 is 5.02. The van der Waals surface area contributed by atoms with Crippen LogP contribution in [0.4, 0.5) is 10.5 Å². The molecular weight excluding hydrogens is 414 g/mol. The second-order valence-electron chi connectivity index (χ2n) is 7.98. The first kappa shape index (κ1) is 23.5. The Bertz CT molecular complexity index is 853. The van der Waals surface area contributed by atoms with Gasteiger partial charge in [0.2, 0.25) is 17.7 Å². The molecule has 174 valence electrons. The third-order valence-corrected chi connectivity index (χ3v) is 5.59. The topological polar surface area (TPSA) is 111 Å². The molecule has 1 aromatic rings. The van der Waals surface area contributed by atoms with Crippen LogP contribution < -0.4 is 10.6 Å². The fourth-order valence-electron chi connectivity index (χ4n) is 3.91. The van der Waals surface area contributed by atoms with E-state index >= 15 is 0 Å². The van der Waals surface area contributed by atoms with Crippen LogP contribution in [0.3, 0.4) is 0 Å². The molecule has 2 heterocycles. The van der Waals surface area contributed by atoms with Gasteiger partial charge in [0.25, 0.3) is 0 Å². The molecule has 0 bridgehead atoms. The van der Waals surface area contributed by atoms with Crippen LogP contribution in [0.25, 0.3) is 0 Å². The van der Waals surface area contributed by atoms with Crippen LogP contribution in [-0.4, -0.2) is 97.0 Å². The molecule has 2 N–H and O–H groups in total. The number of piperazine rings is 2. The van der Waals surface area contributed by atoms with E-state index in [1.165, 1.54) is 4.90 Å². The van der Waals surface area contributed by atoms with Crippen molar-refractivity contribution in [1.29, 1.82) is 0 Å². The zero-order valence-corrected chi connectivity index (χ0v) is 18.6. The first-order chi connectivity index (χ1) is 15.4. The minimum Gasteiger partial charge on any atom is -0.450 e. The van der Waals surface area contributed by atoms with Crippen molar-refractivity contribution >= 4 is 29.5 Å². The van der Waals surface area contributed by atoms with Crippen LogP contribution in [0, 0.1) is 6.92 Å². The van der Waals surface area contributed by atoms with Crippen molar-refractivity contribution < 1.29 is 23.9 Å². The fourth-order valence-corrected chi connectivity index (χ4v) is 3.91. The Morgan fingerprint density at radius 1 is 1.16 bits per heavy atom. The summed E-state index contributed by atoms with van der Waals surface area (Å²) in [5.74, 6) is -0.840. The van der Waals surface area contributed by atoms with Gasteiger partial charge in [0.1, 0.15) is 6.04 Å². The molecule has 10 heteroatoms. The Hall–Kier alpha value is -3.14. The highest BCUT2D eigenvalue weighted by molar-refractivity contribution is 5.97. The van der Waals surface area contributed by atoms with Crippen LogP contribution in [0.2, 0.25) is 0 Å². The third kappa shape index (κ3) is 6.19. The highest BCUT2D eigenvalue weighted by Gasteiger charge is 2.35. The maximum atomic E-state index is 13.0. The molecular formula is C22H31N5O5. The van der Waals surface area contributed by atoms with Crippen LogP contribution in [-0.2, 0) is 19.1 Å². The molecule has 0 spiro atoms. The first-order valence-corrected chi connectivity index (χ1v) is 10.9. The number of hydrogen-bond acceptors (Lipinski definition) is 6. The molecule has 3 rings (SSSR count). The Morgan fingerprint density at radius 3 is 2.59 bits per heavy atom. The number of amides is 4. The molecule has 0 unspecified atom stereocenters. The van der Waals surface area contributed by atoms with Crippen molar-refractivity contribution in [2.75, 3.05) is 57.7 Å². The predicted octanol–water partition coefficient (Wildman–Crippen LogP) is 0.425. The summed E-state index contributed by atoms with van der Waals surface area (Å²) in [5, 5.41) is 5.55. The summed E-state index contributed by atoms with van der Waals surface area (Å²) in [6.45, 7) is 6.92. The summed E-state index contributed by atoms with van der Waals surface area (Å²) in [6.07, 6.45) is -0.451. The molecule has 0 aromatic heterocycles. The molecule has 10 nitrogen and oxygen atoms in total. The molecule has 1 aromatic carbocycles. The van der Waals surface area contributed by atoms with Gasteiger partial charge < -0.3 is 25.2 Å². The second kappa shape index (κ2) is 10.9. The molecule has 2 aliphatic heterocycles. The van der Waals surface area contributed by atoms with Crippen molar-refractivity contribution in [1.82, 2.24) is 20.0 Å². The van der Waals surface area contributed by atoms with E-state index in [9.17, 15) is 19.2 Å². The van der Waals surface area contributed by atoms with Crippen LogP contribution in [0.1, 0.15) is 18.9 Å². The average molecular weight is 446 g/mol. The van der Waals surface area contributed by atoms with Gasteiger partial charge in [-0.05, 0) is 31.5 Å². The molecule has 0 saturated carbocycles. The van der Waals surface area contributed by atoms with E-state index in [-0.39, 0.29) is 36.8 Å². The number of ether oxygens (including phenoxy) is 1. The van der Waals surface area contributed by atoms with Crippen LogP contribution in [0.15, 0.2) is 24.3 Å². The van der Waals surface area contributed by atoms with Gasteiger partial charge in [-0.25, -0.2) is 4.79 Å². The highest BCUT2D eigenvalue weighted by Crippen LogP contribution is 2.14. The number of carbonyl (C=O) groups excluding carboxylic acids is 4. The third-order valence-electron chi connectivity index (χ3n) is 5.59. The van der Waals surface area contributed by atoms with Crippen molar-refractivity contribution in [2.24, 2.45) is 0 Å². The SMILES string of the molecule is CCOC(=O)N1CCN(CC(=O)N2CCNC(=O)[C@@H]2CC(=O)Nc2cccc(C)c2)CC1. The van der Waals surface area contributed by atoms with Gasteiger partial charge >= 0.3 is 6.09 Å². The number of nitrogens with one attached hydrogen (secondary N) is 2. The maximum absolute atomic E-state index is 13.0. The number of aryl methyl sites for hydroxylation is 1. The van der Waals surface area contributed by atoms with Crippen molar-refractivity contribution in [3.63, 3.8) is 0 Å². The standard InChI is InChI=1S/C22H31N5O5/c1-3-32-22(31)26-11-9-25(10-12-26)15-20(29)27-8-7-23-21(30)18(27)14-19(28)24-17-6-4-5-16(2)13-17/h4-6,13,18H,3,7-12,14-15H2,1-2H3,(H,23,30)(H,24,28)/t18-/m0/s1. The molecule has 1 atom stereocenters. The molecule has 0 radical (unpaired) electrons. The maximum Gasteiger partial charge on any atom is 0.409 e. The Kier molecular flexibility index (Phi) is 8.04. The molecule has 2 aliphatic rings. The lowest BCUT2D eigenvalue weighted by Gasteiger charge is -2.38. The minimum atomic E-state index is -0.845. The Balaban J connectivity index is 1.55. The summed E-state index contributed by atoms with van der Waals surface area (Å²) in [5.41, 5.74) is 1.67. The highest BCUT2D eigenvalue weighted by atomic mass is 16.6. The van der Waals surface area contributed by atoms with E-state index in [4.69, 9.17) is 4.74 Å². The van der Waals surface area contributed by atoms with E-state index in [1.807, 2.05) is 30.0 Å². The number of carbonyl (C=O) groups is 4. The number of anilines is 1. The second-order valence-corrected chi connectivity index (χ2v) is 7.98. The summed E-state index contributed by atoms with van der Waals surface area (Å²) in [4.78, 5) is 54.9. The molecule has 2 saturated heterocycles. The van der Waals surface area contributed by atoms with E-state index in [2.05, 4.69) is 10.6 Å². The minimum absolute atomic E-state index is 0.109. The number of benzene rings is 1. The lowest BCUT2D eigenvalue weighted by atomic mass is 10.1. The van der Waals surface area contributed by atoms with Crippen molar-refractivity contribution in [3.05, 3.63) is 29.8 Å². The van der Waals surface area contributed by atoms with Gasteiger partial charge in [-0.3, -0.25) is 19.3 Å². The molecule has 32 heavy (non-hydrogen) atoms. The lowest BCUT2D eigenvalue weighted by molar-refractivity contribution is -0.145. The van der Waals surface area contributed by atoms with Crippen molar-refractivity contribution in [2.45, 2.75) is 26.3 Å². The largest absolute Gasteiger partial charge is 0.450 e. The lowest BCUT2D eigenvalue weighted by Crippen LogP contribution is -2.60. The smallest absolute Gasteiger partial charge is 0.409 e. The molecule has 4 amide bonds.